The molecule has 130 valence electrons. The molecule has 1 aromatic heterocycles. The van der Waals surface area contributed by atoms with Crippen molar-refractivity contribution in [3.8, 4) is 0 Å². The number of carbonyl (C=O) groups is 1. The zero-order valence-electron chi connectivity index (χ0n) is 13.7. The Balaban J connectivity index is 2.25. The minimum atomic E-state index is -3.80. The van der Waals surface area contributed by atoms with Crippen LogP contribution in [0.2, 0.25) is 0 Å². The van der Waals surface area contributed by atoms with Gasteiger partial charge in [0.15, 0.2) is 0 Å². The van der Waals surface area contributed by atoms with Crippen LogP contribution in [0.4, 0.5) is 0 Å². The van der Waals surface area contributed by atoms with E-state index >= 15 is 0 Å². The minimum Gasteiger partial charge on any atom is -0.478 e. The van der Waals surface area contributed by atoms with Crippen molar-refractivity contribution in [3.63, 3.8) is 0 Å². The second kappa shape index (κ2) is 7.43. The number of likely N-dealkylation sites (N-methyl/N-ethyl adjacent to an activating group) is 1. The normalized spacial score (nSPS) is 13.2. The van der Waals surface area contributed by atoms with E-state index in [-0.39, 0.29) is 23.0 Å². The van der Waals surface area contributed by atoms with Gasteiger partial charge in [-0.15, -0.1) is 11.3 Å². The van der Waals surface area contributed by atoms with Gasteiger partial charge in [0.2, 0.25) is 10.0 Å². The fourth-order valence-electron chi connectivity index (χ4n) is 2.31. The number of carboxylic acids is 1. The van der Waals surface area contributed by atoms with Crippen molar-refractivity contribution < 1.29 is 18.3 Å². The van der Waals surface area contributed by atoms with Crippen LogP contribution in [0.1, 0.15) is 26.8 Å². The Labute approximate surface area is 145 Å². The summed E-state index contributed by atoms with van der Waals surface area (Å²) in [5, 5.41) is 11.0. The summed E-state index contributed by atoms with van der Waals surface area (Å²) in [6.07, 6.45) is 0. The second-order valence-electron chi connectivity index (χ2n) is 5.63. The number of carboxylic acid groups (broad SMARTS) is 1. The van der Waals surface area contributed by atoms with Gasteiger partial charge in [-0.3, -0.25) is 0 Å². The molecule has 0 bridgehead atoms. The molecule has 2 rings (SSSR count). The Morgan fingerprint density at radius 1 is 1.33 bits per heavy atom. The molecule has 6 nitrogen and oxygen atoms in total. The first-order valence-electron chi connectivity index (χ1n) is 7.26. The third kappa shape index (κ3) is 4.21. The highest BCUT2D eigenvalue weighted by atomic mass is 32.2. The fraction of sp³-hybridized carbons (Fsp3) is 0.312. The smallest absolute Gasteiger partial charge is 0.335 e. The maximum absolute atomic E-state index is 12.6. The number of benzene rings is 1. The second-order valence-corrected chi connectivity index (χ2v) is 8.35. The molecule has 0 fully saturated rings. The van der Waals surface area contributed by atoms with E-state index < -0.39 is 16.0 Å². The lowest BCUT2D eigenvalue weighted by molar-refractivity contribution is 0.0696. The van der Waals surface area contributed by atoms with Crippen molar-refractivity contribution in [1.82, 2.24) is 9.62 Å². The molecule has 0 aliphatic heterocycles. The van der Waals surface area contributed by atoms with E-state index in [0.717, 1.165) is 4.88 Å². The van der Waals surface area contributed by atoms with Crippen molar-refractivity contribution in [3.05, 3.63) is 51.7 Å². The molecule has 2 N–H and O–H groups in total. The predicted octanol–water partition coefficient (Wildman–Crippen LogP) is 2.34. The van der Waals surface area contributed by atoms with Gasteiger partial charge < -0.3 is 10.0 Å². The van der Waals surface area contributed by atoms with Gasteiger partial charge in [0, 0.05) is 11.4 Å². The average molecular weight is 368 g/mol. The molecule has 24 heavy (non-hydrogen) atoms. The molecule has 1 heterocycles. The Hall–Kier alpha value is -1.74. The monoisotopic (exact) mass is 368 g/mol. The molecular formula is C16H20N2O4S2. The summed E-state index contributed by atoms with van der Waals surface area (Å²) in [7, 11) is -0.0342. The number of hydrogen-bond donors (Lipinski definition) is 2. The first-order valence-corrected chi connectivity index (χ1v) is 9.62. The lowest BCUT2D eigenvalue weighted by atomic mass is 10.1. The Morgan fingerprint density at radius 3 is 2.58 bits per heavy atom. The number of aryl methyl sites for hydroxylation is 1. The highest BCUT2D eigenvalue weighted by Gasteiger charge is 2.22. The van der Waals surface area contributed by atoms with Crippen LogP contribution >= 0.6 is 11.3 Å². The molecule has 0 aliphatic rings. The predicted molar refractivity (Wildman–Crippen MR) is 94.1 cm³/mol. The summed E-state index contributed by atoms with van der Waals surface area (Å²) in [5.41, 5.74) is 0.452. The van der Waals surface area contributed by atoms with E-state index in [1.165, 1.54) is 18.2 Å². The van der Waals surface area contributed by atoms with Gasteiger partial charge in [-0.25, -0.2) is 17.9 Å². The van der Waals surface area contributed by atoms with Crippen LogP contribution in [-0.4, -0.2) is 45.0 Å². The summed E-state index contributed by atoms with van der Waals surface area (Å²) >= 11 is 1.56. The van der Waals surface area contributed by atoms with Crippen molar-refractivity contribution in [2.45, 2.75) is 17.9 Å². The summed E-state index contributed by atoms with van der Waals surface area (Å²) in [4.78, 5) is 14.1. The molecule has 0 radical (unpaired) electrons. The van der Waals surface area contributed by atoms with Crippen LogP contribution in [0, 0.1) is 6.92 Å². The molecule has 1 atom stereocenters. The van der Waals surface area contributed by atoms with Crippen LogP contribution in [0.15, 0.2) is 40.6 Å². The summed E-state index contributed by atoms with van der Waals surface area (Å²) in [6.45, 7) is 1.84. The van der Waals surface area contributed by atoms with Crippen molar-refractivity contribution in [1.29, 1.82) is 0 Å². The SMILES string of the molecule is Cc1ccc(C(=O)O)cc1S(=O)(=O)NCC(c1cccs1)N(C)C. The molecule has 0 aliphatic carbocycles. The molecule has 0 spiro atoms. The van der Waals surface area contributed by atoms with Crippen molar-refractivity contribution in [2.24, 2.45) is 0 Å². The molecule has 8 heteroatoms. The minimum absolute atomic E-state index is 0.00825. The number of hydrogen-bond acceptors (Lipinski definition) is 5. The lowest BCUT2D eigenvalue weighted by Gasteiger charge is -2.23. The number of rotatable bonds is 7. The van der Waals surface area contributed by atoms with Gasteiger partial charge in [-0.2, -0.15) is 0 Å². The number of sulfonamides is 1. The summed E-state index contributed by atoms with van der Waals surface area (Å²) < 4.78 is 27.8. The van der Waals surface area contributed by atoms with Crippen LogP contribution in [0.25, 0.3) is 0 Å². The topological polar surface area (TPSA) is 86.7 Å². The van der Waals surface area contributed by atoms with Crippen LogP contribution in [0.5, 0.6) is 0 Å². The number of aromatic carboxylic acids is 1. The molecule has 1 aromatic carbocycles. The molecule has 0 saturated carbocycles. The zero-order chi connectivity index (χ0) is 17.9. The van der Waals surface area contributed by atoms with Crippen molar-refractivity contribution >= 4 is 27.3 Å². The Morgan fingerprint density at radius 2 is 2.04 bits per heavy atom. The van der Waals surface area contributed by atoms with Gasteiger partial charge in [0.05, 0.1) is 16.5 Å². The Bertz CT molecular complexity index is 815. The van der Waals surface area contributed by atoms with Gasteiger partial charge in [-0.05, 0) is 50.2 Å². The van der Waals surface area contributed by atoms with E-state index in [9.17, 15) is 13.2 Å². The third-order valence-corrected chi connectivity index (χ3v) is 6.23. The third-order valence-electron chi connectivity index (χ3n) is 3.69. The first-order chi connectivity index (χ1) is 11.2. The Kier molecular flexibility index (Phi) is 5.76. The quantitative estimate of drug-likeness (QED) is 0.783. The molecular weight excluding hydrogens is 348 g/mol. The van der Waals surface area contributed by atoms with E-state index in [4.69, 9.17) is 5.11 Å². The molecule has 2 aromatic rings. The van der Waals surface area contributed by atoms with Crippen LogP contribution in [-0.2, 0) is 10.0 Å². The fourth-order valence-corrected chi connectivity index (χ4v) is 4.54. The maximum atomic E-state index is 12.6. The molecule has 0 saturated heterocycles. The average Bonchev–Trinajstić information content (AvgIpc) is 3.01. The number of nitrogens with zero attached hydrogens (tertiary/aromatic N) is 1. The van der Waals surface area contributed by atoms with E-state index in [1.54, 1.807) is 18.3 Å². The van der Waals surface area contributed by atoms with Gasteiger partial charge in [0.1, 0.15) is 0 Å². The largest absolute Gasteiger partial charge is 0.478 e. The summed E-state index contributed by atoms with van der Waals surface area (Å²) in [6, 6.07) is 7.87. The van der Waals surface area contributed by atoms with E-state index in [1.807, 2.05) is 36.5 Å². The number of nitrogens with one attached hydrogen (secondary N) is 1. The zero-order valence-corrected chi connectivity index (χ0v) is 15.3. The highest BCUT2D eigenvalue weighted by molar-refractivity contribution is 7.89. The summed E-state index contributed by atoms with van der Waals surface area (Å²) in [5.74, 6) is -1.16. The van der Waals surface area contributed by atoms with Gasteiger partial charge in [0.25, 0.3) is 0 Å². The van der Waals surface area contributed by atoms with E-state index in [2.05, 4.69) is 4.72 Å². The van der Waals surface area contributed by atoms with Crippen LogP contribution in [0.3, 0.4) is 0 Å². The molecule has 1 unspecified atom stereocenters. The first kappa shape index (κ1) is 18.6. The van der Waals surface area contributed by atoms with Gasteiger partial charge in [-0.1, -0.05) is 12.1 Å². The number of thiophene rings is 1. The van der Waals surface area contributed by atoms with E-state index in [0.29, 0.717) is 5.56 Å². The van der Waals surface area contributed by atoms with Gasteiger partial charge >= 0.3 is 5.97 Å². The maximum Gasteiger partial charge on any atom is 0.335 e. The standard InChI is InChI=1S/C16H20N2O4S2/c1-11-6-7-12(16(19)20)9-15(11)24(21,22)17-10-13(18(2)3)14-5-4-8-23-14/h4-9,13,17H,10H2,1-3H3,(H,19,20). The highest BCUT2D eigenvalue weighted by Crippen LogP contribution is 2.24. The van der Waals surface area contributed by atoms with Crippen LogP contribution < -0.4 is 4.72 Å². The molecule has 0 amide bonds. The lowest BCUT2D eigenvalue weighted by Crippen LogP contribution is -2.34. The van der Waals surface area contributed by atoms with Crippen molar-refractivity contribution in [2.75, 3.05) is 20.6 Å².